The van der Waals surface area contributed by atoms with E-state index < -0.39 is 11.6 Å². The van der Waals surface area contributed by atoms with Gasteiger partial charge in [0, 0.05) is 0 Å². The van der Waals surface area contributed by atoms with Crippen molar-refractivity contribution < 1.29 is 13.9 Å². The van der Waals surface area contributed by atoms with E-state index in [2.05, 4.69) is 0 Å². The molecule has 0 radical (unpaired) electrons. The third kappa shape index (κ3) is 2.32. The van der Waals surface area contributed by atoms with Gasteiger partial charge in [-0.3, -0.25) is 4.79 Å². The second-order valence-electron chi connectivity index (χ2n) is 3.23. The number of nitriles is 1. The van der Waals surface area contributed by atoms with Crippen LogP contribution in [0.25, 0.3) is 11.0 Å². The minimum atomic E-state index is -0.705. The lowest BCUT2D eigenvalue weighted by molar-refractivity contribution is -0.133. The Bertz CT molecular complexity index is 666. The zero-order valence-corrected chi connectivity index (χ0v) is 8.67. The molecule has 0 atom stereocenters. The largest absolute Gasteiger partial charge is 0.425 e. The maximum absolute atomic E-state index is 11.2. The first-order valence-electron chi connectivity index (χ1n) is 4.81. The number of carbonyl (C=O) groups excluding carboxylic acids is 1. The lowest BCUT2D eigenvalue weighted by Crippen LogP contribution is -2.09. The van der Waals surface area contributed by atoms with Crippen molar-refractivity contribution in [3.63, 3.8) is 0 Å². The molecule has 1 heterocycles. The Labute approximate surface area is 95.8 Å². The van der Waals surface area contributed by atoms with Gasteiger partial charge in [-0.2, -0.15) is 5.26 Å². The van der Waals surface area contributed by atoms with Gasteiger partial charge in [0.05, 0.1) is 17.5 Å². The normalized spacial score (nSPS) is 9.82. The van der Waals surface area contributed by atoms with E-state index in [9.17, 15) is 9.59 Å². The average Bonchev–Trinajstić information content (AvgIpc) is 2.29. The van der Waals surface area contributed by atoms with Crippen LogP contribution in [0, 0.1) is 11.3 Å². The second-order valence-corrected chi connectivity index (χ2v) is 3.23. The van der Waals surface area contributed by atoms with Gasteiger partial charge in [0.15, 0.2) is 0 Å². The predicted octanol–water partition coefficient (Wildman–Crippen LogP) is 1.61. The van der Waals surface area contributed by atoms with E-state index in [4.69, 9.17) is 14.4 Å². The van der Waals surface area contributed by atoms with Gasteiger partial charge in [0.2, 0.25) is 0 Å². The molecular formula is C12H7NO4. The van der Waals surface area contributed by atoms with Crippen molar-refractivity contribution in [2.24, 2.45) is 0 Å². The van der Waals surface area contributed by atoms with Crippen molar-refractivity contribution >= 4 is 16.9 Å². The van der Waals surface area contributed by atoms with E-state index in [1.165, 1.54) is 0 Å². The number of ether oxygens (including phenoxy) is 1. The molecule has 2 aromatic rings. The Morgan fingerprint density at radius 1 is 1.41 bits per heavy atom. The lowest BCUT2D eigenvalue weighted by atomic mass is 10.2. The molecule has 0 spiro atoms. The molecule has 17 heavy (non-hydrogen) atoms. The average molecular weight is 229 g/mol. The van der Waals surface area contributed by atoms with Gasteiger partial charge in [-0.15, -0.1) is 0 Å². The number of benzene rings is 1. The van der Waals surface area contributed by atoms with E-state index in [1.807, 2.05) is 0 Å². The highest BCUT2D eigenvalue weighted by molar-refractivity contribution is 5.86. The Morgan fingerprint density at radius 2 is 2.18 bits per heavy atom. The molecule has 0 fully saturated rings. The maximum atomic E-state index is 11.2. The van der Waals surface area contributed by atoms with Crippen LogP contribution in [0.3, 0.4) is 0 Å². The molecule has 0 bridgehead atoms. The summed E-state index contributed by atoms with van der Waals surface area (Å²) >= 11 is 0. The van der Waals surface area contributed by atoms with Crippen LogP contribution in [0.4, 0.5) is 0 Å². The van der Waals surface area contributed by atoms with Crippen LogP contribution in [0.15, 0.2) is 39.5 Å². The summed E-state index contributed by atoms with van der Waals surface area (Å²) in [4.78, 5) is 22.4. The summed E-state index contributed by atoms with van der Waals surface area (Å²) < 4.78 is 9.86. The Hall–Kier alpha value is -2.61. The number of rotatable bonds is 2. The molecule has 0 saturated heterocycles. The summed E-state index contributed by atoms with van der Waals surface area (Å²) in [5, 5.41) is 8.86. The van der Waals surface area contributed by atoms with Gasteiger partial charge in [-0.1, -0.05) is 12.1 Å². The van der Waals surface area contributed by atoms with Crippen molar-refractivity contribution in [1.29, 1.82) is 5.26 Å². The summed E-state index contributed by atoms with van der Waals surface area (Å²) in [6.45, 7) is 0. The first-order chi connectivity index (χ1) is 8.20. The van der Waals surface area contributed by atoms with Crippen molar-refractivity contribution in [3.8, 4) is 11.8 Å². The van der Waals surface area contributed by atoms with Crippen LogP contribution < -0.4 is 10.4 Å². The molecule has 0 saturated carbocycles. The van der Waals surface area contributed by atoms with Crippen LogP contribution in [0.5, 0.6) is 5.75 Å². The van der Waals surface area contributed by atoms with Crippen molar-refractivity contribution in [2.75, 3.05) is 0 Å². The Kier molecular flexibility index (Phi) is 2.88. The van der Waals surface area contributed by atoms with Gasteiger partial charge < -0.3 is 9.15 Å². The van der Waals surface area contributed by atoms with Crippen LogP contribution in [0.1, 0.15) is 6.42 Å². The molecule has 5 heteroatoms. The fraction of sp³-hybridized carbons (Fsp3) is 0.0833. The summed E-state index contributed by atoms with van der Waals surface area (Å²) in [6.07, 6.45) is -0.367. The molecule has 5 nitrogen and oxygen atoms in total. The van der Waals surface area contributed by atoms with Crippen molar-refractivity contribution in [3.05, 3.63) is 40.8 Å². The number of para-hydroxylation sites is 1. The van der Waals surface area contributed by atoms with Gasteiger partial charge in [0.25, 0.3) is 0 Å². The molecule has 0 aliphatic carbocycles. The third-order valence-corrected chi connectivity index (χ3v) is 2.06. The number of nitrogens with zero attached hydrogens (tertiary/aromatic N) is 1. The first kappa shape index (κ1) is 10.9. The van der Waals surface area contributed by atoms with Crippen LogP contribution in [-0.4, -0.2) is 5.97 Å². The van der Waals surface area contributed by atoms with Gasteiger partial charge >= 0.3 is 11.6 Å². The minimum Gasteiger partial charge on any atom is -0.425 e. The maximum Gasteiger partial charge on any atom is 0.339 e. The Morgan fingerprint density at radius 3 is 2.94 bits per heavy atom. The first-order valence-corrected chi connectivity index (χ1v) is 4.81. The number of hydrogen-bond acceptors (Lipinski definition) is 5. The fourth-order valence-corrected chi connectivity index (χ4v) is 1.39. The van der Waals surface area contributed by atoms with Gasteiger partial charge in [-0.05, 0) is 12.1 Å². The summed E-state index contributed by atoms with van der Waals surface area (Å²) in [5.74, 6) is -0.597. The monoisotopic (exact) mass is 229 g/mol. The number of fused-ring (bicyclic) bond motifs is 1. The summed E-state index contributed by atoms with van der Waals surface area (Å²) in [7, 11) is 0. The molecule has 0 amide bonds. The highest BCUT2D eigenvalue weighted by atomic mass is 16.5. The standard InChI is InChI=1S/C12H7NO4/c13-6-5-11(14)17-10-7-12(15)16-9-4-2-1-3-8(9)10/h1-4,7H,5H2. The minimum absolute atomic E-state index is 0.108. The fourth-order valence-electron chi connectivity index (χ4n) is 1.39. The molecule has 1 aromatic heterocycles. The molecule has 0 aliphatic heterocycles. The van der Waals surface area contributed by atoms with Crippen molar-refractivity contribution in [2.45, 2.75) is 6.42 Å². The van der Waals surface area contributed by atoms with E-state index in [0.717, 1.165) is 6.07 Å². The molecule has 84 valence electrons. The summed E-state index contributed by atoms with van der Waals surface area (Å²) in [5.41, 5.74) is -0.275. The third-order valence-electron chi connectivity index (χ3n) is 2.06. The lowest BCUT2D eigenvalue weighted by Gasteiger charge is -2.04. The zero-order chi connectivity index (χ0) is 12.3. The molecule has 0 unspecified atom stereocenters. The number of esters is 1. The van der Waals surface area contributed by atoms with Crippen LogP contribution in [-0.2, 0) is 4.79 Å². The molecule has 0 aliphatic rings. The van der Waals surface area contributed by atoms with E-state index in [-0.39, 0.29) is 12.2 Å². The second kappa shape index (κ2) is 4.49. The van der Waals surface area contributed by atoms with E-state index in [0.29, 0.717) is 11.0 Å². The Balaban J connectivity index is 2.50. The van der Waals surface area contributed by atoms with Crippen LogP contribution in [0.2, 0.25) is 0 Å². The smallest absolute Gasteiger partial charge is 0.339 e. The molecule has 1 aromatic carbocycles. The van der Waals surface area contributed by atoms with Gasteiger partial charge in [-0.25, -0.2) is 4.79 Å². The van der Waals surface area contributed by atoms with E-state index >= 15 is 0 Å². The number of hydrogen-bond donors (Lipinski definition) is 0. The van der Waals surface area contributed by atoms with Crippen LogP contribution >= 0.6 is 0 Å². The quantitative estimate of drug-likeness (QED) is 0.577. The van der Waals surface area contributed by atoms with E-state index in [1.54, 1.807) is 30.3 Å². The zero-order valence-electron chi connectivity index (χ0n) is 8.67. The van der Waals surface area contributed by atoms with Crippen molar-refractivity contribution in [1.82, 2.24) is 0 Å². The molecular weight excluding hydrogens is 222 g/mol. The predicted molar refractivity (Wildman–Crippen MR) is 58.3 cm³/mol. The highest BCUT2D eigenvalue weighted by Crippen LogP contribution is 2.23. The molecule has 2 rings (SSSR count). The highest BCUT2D eigenvalue weighted by Gasteiger charge is 2.10. The van der Waals surface area contributed by atoms with Gasteiger partial charge in [0.1, 0.15) is 17.8 Å². The topological polar surface area (TPSA) is 80.3 Å². The summed E-state index contributed by atoms with van der Waals surface area (Å²) in [6, 6.07) is 9.44. The molecule has 0 N–H and O–H groups in total. The SMILES string of the molecule is N#CCC(=O)Oc1cc(=O)oc2ccccc12. The number of carbonyl (C=O) groups is 1.